The minimum Gasteiger partial charge on any atom is -0.378 e. The van der Waals surface area contributed by atoms with Gasteiger partial charge in [0.15, 0.2) is 11.6 Å². The van der Waals surface area contributed by atoms with Crippen molar-refractivity contribution in [3.63, 3.8) is 0 Å². The lowest BCUT2D eigenvalue weighted by Crippen LogP contribution is -2.36. The Morgan fingerprint density at radius 3 is 2.84 bits per heavy atom. The standard InChI is InChI=1S/C22H20N8O/c1-2-4-19(30-7-9-31-10-8-30)16(3-1)26-22-20-18(13-25-29-20)27-21(28-22)14-11-17-15(24-12-14)5-6-23-17/h1-6,11-13,23H,7-10H2,(H,25,29)(H,26,27,28). The molecule has 9 heteroatoms. The van der Waals surface area contributed by atoms with E-state index in [4.69, 9.17) is 9.72 Å². The number of aromatic nitrogens is 6. The van der Waals surface area contributed by atoms with E-state index in [1.807, 2.05) is 30.5 Å². The summed E-state index contributed by atoms with van der Waals surface area (Å²) in [6, 6.07) is 12.2. The highest BCUT2D eigenvalue weighted by Crippen LogP contribution is 2.32. The number of rotatable bonds is 4. The molecule has 0 amide bonds. The van der Waals surface area contributed by atoms with Gasteiger partial charge in [-0.05, 0) is 24.3 Å². The van der Waals surface area contributed by atoms with E-state index in [1.165, 1.54) is 0 Å². The van der Waals surface area contributed by atoms with Crippen LogP contribution in [0, 0.1) is 0 Å². The molecule has 0 radical (unpaired) electrons. The van der Waals surface area contributed by atoms with E-state index in [-0.39, 0.29) is 0 Å². The van der Waals surface area contributed by atoms with E-state index in [0.717, 1.165) is 65.3 Å². The Kier molecular flexibility index (Phi) is 4.24. The minimum atomic E-state index is 0.587. The molecule has 0 aliphatic carbocycles. The van der Waals surface area contributed by atoms with Crippen LogP contribution in [0.15, 0.2) is 55.0 Å². The fraction of sp³-hybridized carbons (Fsp3) is 0.182. The molecule has 4 aromatic heterocycles. The molecule has 0 spiro atoms. The Labute approximate surface area is 177 Å². The van der Waals surface area contributed by atoms with Gasteiger partial charge in [0, 0.05) is 31.0 Å². The Morgan fingerprint density at radius 2 is 1.90 bits per heavy atom. The molecule has 0 atom stereocenters. The number of anilines is 3. The second-order valence-electron chi connectivity index (χ2n) is 7.40. The average molecular weight is 412 g/mol. The van der Waals surface area contributed by atoms with Crippen LogP contribution in [-0.2, 0) is 4.74 Å². The van der Waals surface area contributed by atoms with Crippen LogP contribution in [-0.4, -0.2) is 56.4 Å². The Balaban J connectivity index is 1.43. The molecule has 1 aromatic carbocycles. The zero-order valence-electron chi connectivity index (χ0n) is 16.7. The maximum absolute atomic E-state index is 5.51. The second-order valence-corrected chi connectivity index (χ2v) is 7.40. The predicted octanol–water partition coefficient (Wildman–Crippen LogP) is 3.48. The highest BCUT2D eigenvalue weighted by Gasteiger charge is 2.17. The van der Waals surface area contributed by atoms with Crippen molar-refractivity contribution >= 4 is 39.3 Å². The van der Waals surface area contributed by atoms with Gasteiger partial charge in [-0.3, -0.25) is 10.1 Å². The predicted molar refractivity (Wildman–Crippen MR) is 120 cm³/mol. The van der Waals surface area contributed by atoms with Gasteiger partial charge < -0.3 is 19.9 Å². The second kappa shape index (κ2) is 7.37. The molecular weight excluding hydrogens is 392 g/mol. The van der Waals surface area contributed by atoms with Crippen LogP contribution in [0.2, 0.25) is 0 Å². The van der Waals surface area contributed by atoms with Gasteiger partial charge in [0.05, 0.1) is 41.8 Å². The number of hydrogen-bond donors (Lipinski definition) is 3. The molecule has 0 saturated carbocycles. The van der Waals surface area contributed by atoms with Gasteiger partial charge in [-0.25, -0.2) is 9.97 Å². The van der Waals surface area contributed by atoms with Gasteiger partial charge >= 0.3 is 0 Å². The summed E-state index contributed by atoms with van der Waals surface area (Å²) in [6.45, 7) is 3.17. The highest BCUT2D eigenvalue weighted by atomic mass is 16.5. The number of fused-ring (bicyclic) bond motifs is 2. The summed E-state index contributed by atoms with van der Waals surface area (Å²) in [5.74, 6) is 1.26. The Hall–Kier alpha value is -3.98. The summed E-state index contributed by atoms with van der Waals surface area (Å²) >= 11 is 0. The van der Waals surface area contributed by atoms with Gasteiger partial charge in [0.25, 0.3) is 0 Å². The zero-order chi connectivity index (χ0) is 20.6. The molecule has 5 aromatic rings. The number of ether oxygens (including phenoxy) is 1. The van der Waals surface area contributed by atoms with Gasteiger partial charge in [-0.1, -0.05) is 12.1 Å². The van der Waals surface area contributed by atoms with Crippen LogP contribution in [0.5, 0.6) is 0 Å². The molecule has 154 valence electrons. The van der Waals surface area contributed by atoms with Crippen LogP contribution in [0.3, 0.4) is 0 Å². The SMILES string of the molecule is c1ccc(N2CCOCC2)c(Nc2nc(-c3cnc4cc[nH]c4c3)nc3cn[nH]c23)c1. The summed E-state index contributed by atoms with van der Waals surface area (Å²) in [6.07, 6.45) is 5.38. The number of nitrogens with zero attached hydrogens (tertiary/aromatic N) is 5. The van der Waals surface area contributed by atoms with E-state index in [1.54, 1.807) is 12.4 Å². The number of para-hydroxylation sites is 2. The fourth-order valence-corrected chi connectivity index (χ4v) is 3.90. The molecule has 0 bridgehead atoms. The molecule has 0 unspecified atom stereocenters. The molecule has 9 nitrogen and oxygen atoms in total. The smallest absolute Gasteiger partial charge is 0.164 e. The molecule has 1 aliphatic heterocycles. The third-order valence-corrected chi connectivity index (χ3v) is 5.47. The van der Waals surface area contributed by atoms with E-state index in [2.05, 4.69) is 47.5 Å². The highest BCUT2D eigenvalue weighted by molar-refractivity contribution is 5.90. The fourth-order valence-electron chi connectivity index (χ4n) is 3.90. The molecule has 3 N–H and O–H groups in total. The van der Waals surface area contributed by atoms with E-state index in [9.17, 15) is 0 Å². The van der Waals surface area contributed by atoms with Crippen LogP contribution in [0.4, 0.5) is 17.2 Å². The van der Waals surface area contributed by atoms with Crippen molar-refractivity contribution in [3.05, 3.63) is 55.0 Å². The Morgan fingerprint density at radius 1 is 1.00 bits per heavy atom. The first-order valence-electron chi connectivity index (χ1n) is 10.2. The summed E-state index contributed by atoms with van der Waals surface area (Å²) < 4.78 is 5.51. The topological polar surface area (TPSA) is 108 Å². The number of hydrogen-bond acceptors (Lipinski definition) is 7. The largest absolute Gasteiger partial charge is 0.378 e. The first-order valence-corrected chi connectivity index (χ1v) is 10.2. The van der Waals surface area contributed by atoms with E-state index in [0.29, 0.717) is 11.6 Å². The number of pyridine rings is 1. The number of aromatic amines is 2. The number of morpholine rings is 1. The first kappa shape index (κ1) is 17.8. The maximum atomic E-state index is 5.51. The quantitative estimate of drug-likeness (QED) is 0.415. The van der Waals surface area contributed by atoms with Gasteiger partial charge in [-0.2, -0.15) is 5.10 Å². The van der Waals surface area contributed by atoms with Crippen molar-refractivity contribution in [1.29, 1.82) is 0 Å². The van der Waals surface area contributed by atoms with Gasteiger partial charge in [0.2, 0.25) is 0 Å². The molecule has 1 fully saturated rings. The number of nitrogens with one attached hydrogen (secondary N) is 3. The van der Waals surface area contributed by atoms with Crippen molar-refractivity contribution < 1.29 is 4.74 Å². The lowest BCUT2D eigenvalue weighted by molar-refractivity contribution is 0.123. The minimum absolute atomic E-state index is 0.587. The normalized spacial score (nSPS) is 14.4. The molecule has 1 aliphatic rings. The van der Waals surface area contributed by atoms with Crippen molar-refractivity contribution in [1.82, 2.24) is 30.1 Å². The van der Waals surface area contributed by atoms with Crippen LogP contribution < -0.4 is 10.2 Å². The lowest BCUT2D eigenvalue weighted by atomic mass is 10.2. The third kappa shape index (κ3) is 3.24. The molecule has 5 heterocycles. The lowest BCUT2D eigenvalue weighted by Gasteiger charge is -2.30. The van der Waals surface area contributed by atoms with Crippen LogP contribution in [0.25, 0.3) is 33.5 Å². The maximum Gasteiger partial charge on any atom is 0.164 e. The van der Waals surface area contributed by atoms with Gasteiger partial charge in [-0.15, -0.1) is 0 Å². The summed E-state index contributed by atoms with van der Waals surface area (Å²) in [5, 5.41) is 10.7. The van der Waals surface area contributed by atoms with Crippen molar-refractivity contribution in [2.75, 3.05) is 36.5 Å². The van der Waals surface area contributed by atoms with Crippen molar-refractivity contribution in [3.8, 4) is 11.4 Å². The van der Waals surface area contributed by atoms with E-state index < -0.39 is 0 Å². The zero-order valence-corrected chi connectivity index (χ0v) is 16.7. The summed E-state index contributed by atoms with van der Waals surface area (Å²) in [5.41, 5.74) is 6.28. The van der Waals surface area contributed by atoms with Crippen LogP contribution in [0.1, 0.15) is 0 Å². The first-order chi connectivity index (χ1) is 15.3. The summed E-state index contributed by atoms with van der Waals surface area (Å²) in [7, 11) is 0. The Bertz CT molecular complexity index is 1370. The third-order valence-electron chi connectivity index (χ3n) is 5.47. The van der Waals surface area contributed by atoms with E-state index >= 15 is 0 Å². The molecule has 1 saturated heterocycles. The monoisotopic (exact) mass is 412 g/mol. The average Bonchev–Trinajstić information content (AvgIpc) is 3.49. The molecular formula is C22H20N8O. The number of benzene rings is 1. The molecule has 31 heavy (non-hydrogen) atoms. The van der Waals surface area contributed by atoms with Crippen molar-refractivity contribution in [2.45, 2.75) is 0 Å². The van der Waals surface area contributed by atoms with Crippen LogP contribution >= 0.6 is 0 Å². The number of H-pyrrole nitrogens is 2. The van der Waals surface area contributed by atoms with Gasteiger partial charge in [0.1, 0.15) is 11.0 Å². The van der Waals surface area contributed by atoms with Crippen molar-refractivity contribution in [2.24, 2.45) is 0 Å². The summed E-state index contributed by atoms with van der Waals surface area (Å²) in [4.78, 5) is 19.5. The molecule has 6 rings (SSSR count).